The van der Waals surface area contributed by atoms with Crippen LogP contribution in [-0.4, -0.2) is 28.5 Å². The quantitative estimate of drug-likeness (QED) is 0.366. The lowest BCUT2D eigenvalue weighted by Gasteiger charge is -2.26. The van der Waals surface area contributed by atoms with Crippen LogP contribution in [0, 0.1) is 19.7 Å². The Balaban J connectivity index is 1.81. The average Bonchev–Trinajstić information content (AvgIpc) is 3.25. The number of hydrogen-bond donors (Lipinski definition) is 0. The van der Waals surface area contributed by atoms with Crippen LogP contribution < -0.4 is 0 Å². The Labute approximate surface area is 198 Å². The van der Waals surface area contributed by atoms with E-state index >= 15 is 0 Å². The van der Waals surface area contributed by atoms with Crippen LogP contribution in [-0.2, 0) is 14.3 Å². The maximum Gasteiger partial charge on any atom is 0.340 e. The zero-order valence-electron chi connectivity index (χ0n) is 19.9. The Hall–Kier alpha value is -3.93. The monoisotopic (exact) mass is 458 g/mol. The SMILES string of the molecule is COC(=O)C1=C(C)N([C@@H](C)c2ccccc2)C(=O)/C1=C\c1cc(C)n(-c2ccc(F)cc2)c1C. The summed E-state index contributed by atoms with van der Waals surface area (Å²) in [6, 6.07) is 17.6. The van der Waals surface area contributed by atoms with E-state index in [1.165, 1.54) is 19.2 Å². The predicted octanol–water partition coefficient (Wildman–Crippen LogP) is 5.67. The predicted molar refractivity (Wildman–Crippen MR) is 130 cm³/mol. The van der Waals surface area contributed by atoms with Crippen molar-refractivity contribution in [2.45, 2.75) is 33.7 Å². The molecule has 2 aromatic carbocycles. The third-order valence-corrected chi connectivity index (χ3v) is 6.36. The van der Waals surface area contributed by atoms with Crippen molar-refractivity contribution in [3.05, 3.63) is 106 Å². The summed E-state index contributed by atoms with van der Waals surface area (Å²) in [6.07, 6.45) is 1.75. The summed E-state index contributed by atoms with van der Waals surface area (Å²) in [5, 5.41) is 0. The fourth-order valence-corrected chi connectivity index (χ4v) is 4.62. The number of ether oxygens (including phenoxy) is 1. The number of methoxy groups -OCH3 is 1. The number of amides is 1. The van der Waals surface area contributed by atoms with Crippen LogP contribution in [0.2, 0.25) is 0 Å². The summed E-state index contributed by atoms with van der Waals surface area (Å²) < 4.78 is 20.5. The van der Waals surface area contributed by atoms with Gasteiger partial charge in [0.05, 0.1) is 24.3 Å². The van der Waals surface area contributed by atoms with Gasteiger partial charge in [-0.3, -0.25) is 4.79 Å². The number of aryl methyl sites for hydroxylation is 1. The van der Waals surface area contributed by atoms with E-state index in [2.05, 4.69) is 0 Å². The van der Waals surface area contributed by atoms with Crippen molar-refractivity contribution < 1.29 is 18.7 Å². The van der Waals surface area contributed by atoms with Gasteiger partial charge in [-0.25, -0.2) is 9.18 Å². The number of allylic oxidation sites excluding steroid dienone is 1. The lowest BCUT2D eigenvalue weighted by molar-refractivity contribution is -0.136. The molecule has 6 heteroatoms. The van der Waals surface area contributed by atoms with Crippen LogP contribution in [0.5, 0.6) is 0 Å². The summed E-state index contributed by atoms with van der Waals surface area (Å²) in [7, 11) is 1.31. The van der Waals surface area contributed by atoms with Gasteiger partial charge in [0.25, 0.3) is 5.91 Å². The minimum Gasteiger partial charge on any atom is -0.465 e. The number of carbonyl (C=O) groups excluding carboxylic acids is 2. The number of benzene rings is 2. The van der Waals surface area contributed by atoms with Crippen molar-refractivity contribution in [1.82, 2.24) is 9.47 Å². The van der Waals surface area contributed by atoms with Crippen LogP contribution in [0.3, 0.4) is 0 Å². The lowest BCUT2D eigenvalue weighted by Crippen LogP contribution is -2.28. The van der Waals surface area contributed by atoms with Gasteiger partial charge in [0.2, 0.25) is 0 Å². The van der Waals surface area contributed by atoms with Crippen molar-refractivity contribution in [1.29, 1.82) is 0 Å². The Morgan fingerprint density at radius 2 is 1.68 bits per heavy atom. The number of aromatic nitrogens is 1. The van der Waals surface area contributed by atoms with Gasteiger partial charge in [-0.05, 0) is 75.2 Å². The molecule has 0 aliphatic carbocycles. The Morgan fingerprint density at radius 1 is 1.03 bits per heavy atom. The van der Waals surface area contributed by atoms with Gasteiger partial charge >= 0.3 is 5.97 Å². The summed E-state index contributed by atoms with van der Waals surface area (Å²) in [5.41, 5.74) is 5.51. The molecule has 0 saturated carbocycles. The standard InChI is InChI=1S/C28H27FN2O3/c1-17-15-22(19(3)30(17)24-13-11-23(29)12-14-24)16-25-26(28(33)34-5)20(4)31(27(25)32)18(2)21-9-7-6-8-10-21/h6-16,18H,1-5H3/b25-16-/t18-/m0/s1. The molecule has 0 unspecified atom stereocenters. The summed E-state index contributed by atoms with van der Waals surface area (Å²) in [5.74, 6) is -1.10. The van der Waals surface area contributed by atoms with Crippen molar-refractivity contribution in [3.8, 4) is 5.69 Å². The normalized spacial score (nSPS) is 15.9. The molecule has 3 aromatic rings. The molecule has 1 amide bonds. The molecule has 0 bridgehead atoms. The minimum absolute atomic E-state index is 0.249. The van der Waals surface area contributed by atoms with Gasteiger partial charge in [-0.15, -0.1) is 0 Å². The molecule has 0 fully saturated rings. The van der Waals surface area contributed by atoms with Crippen LogP contribution in [0.4, 0.5) is 4.39 Å². The molecule has 4 rings (SSSR count). The smallest absolute Gasteiger partial charge is 0.340 e. The first-order valence-electron chi connectivity index (χ1n) is 11.1. The van der Waals surface area contributed by atoms with Crippen molar-refractivity contribution in [2.75, 3.05) is 7.11 Å². The molecular weight excluding hydrogens is 431 g/mol. The van der Waals surface area contributed by atoms with E-state index in [4.69, 9.17) is 4.74 Å². The van der Waals surface area contributed by atoms with E-state index in [-0.39, 0.29) is 23.3 Å². The molecule has 1 aliphatic heterocycles. The van der Waals surface area contributed by atoms with Gasteiger partial charge in [0.15, 0.2) is 0 Å². The summed E-state index contributed by atoms with van der Waals surface area (Å²) in [6.45, 7) is 7.59. The average molecular weight is 459 g/mol. The van der Waals surface area contributed by atoms with E-state index in [1.807, 2.05) is 61.7 Å². The summed E-state index contributed by atoms with van der Waals surface area (Å²) >= 11 is 0. The molecule has 1 aromatic heterocycles. The number of carbonyl (C=O) groups is 2. The number of halogens is 1. The maximum absolute atomic E-state index is 13.6. The van der Waals surface area contributed by atoms with Crippen LogP contribution in [0.25, 0.3) is 11.8 Å². The molecule has 174 valence electrons. The second-order valence-electron chi connectivity index (χ2n) is 8.41. The van der Waals surface area contributed by atoms with E-state index in [0.717, 1.165) is 28.2 Å². The number of esters is 1. The van der Waals surface area contributed by atoms with Gasteiger partial charge in [-0.1, -0.05) is 30.3 Å². The number of rotatable bonds is 5. The third-order valence-electron chi connectivity index (χ3n) is 6.36. The van der Waals surface area contributed by atoms with Gasteiger partial charge in [0.1, 0.15) is 5.82 Å². The van der Waals surface area contributed by atoms with Crippen LogP contribution >= 0.6 is 0 Å². The molecular formula is C28H27FN2O3. The van der Waals surface area contributed by atoms with Crippen molar-refractivity contribution >= 4 is 18.0 Å². The largest absolute Gasteiger partial charge is 0.465 e. The van der Waals surface area contributed by atoms with Gasteiger partial charge in [0, 0.05) is 22.8 Å². The first-order valence-corrected chi connectivity index (χ1v) is 11.1. The highest BCUT2D eigenvalue weighted by Gasteiger charge is 2.39. The van der Waals surface area contributed by atoms with E-state index in [0.29, 0.717) is 11.3 Å². The third kappa shape index (κ3) is 3.96. The first kappa shape index (κ1) is 23.2. The summed E-state index contributed by atoms with van der Waals surface area (Å²) in [4.78, 5) is 28.0. The zero-order valence-corrected chi connectivity index (χ0v) is 19.9. The molecule has 1 atom stereocenters. The lowest BCUT2D eigenvalue weighted by atomic mass is 10.0. The molecule has 34 heavy (non-hydrogen) atoms. The topological polar surface area (TPSA) is 51.5 Å². The highest BCUT2D eigenvalue weighted by molar-refractivity contribution is 6.16. The van der Waals surface area contributed by atoms with E-state index < -0.39 is 5.97 Å². The van der Waals surface area contributed by atoms with Gasteiger partial charge in [-0.2, -0.15) is 0 Å². The fourth-order valence-electron chi connectivity index (χ4n) is 4.62. The number of hydrogen-bond acceptors (Lipinski definition) is 3. The van der Waals surface area contributed by atoms with E-state index in [9.17, 15) is 14.0 Å². The Bertz CT molecular complexity index is 1320. The second-order valence-corrected chi connectivity index (χ2v) is 8.41. The molecule has 5 nitrogen and oxygen atoms in total. The highest BCUT2D eigenvalue weighted by atomic mass is 19.1. The fraction of sp³-hybridized carbons (Fsp3) is 0.214. The van der Waals surface area contributed by atoms with E-state index in [1.54, 1.807) is 30.0 Å². The molecule has 0 spiro atoms. The maximum atomic E-state index is 13.6. The Morgan fingerprint density at radius 3 is 2.29 bits per heavy atom. The van der Waals surface area contributed by atoms with Gasteiger partial charge < -0.3 is 14.2 Å². The number of nitrogens with zero attached hydrogens (tertiary/aromatic N) is 2. The second kappa shape index (κ2) is 9.14. The van der Waals surface area contributed by atoms with Crippen molar-refractivity contribution in [3.63, 3.8) is 0 Å². The van der Waals surface area contributed by atoms with Crippen molar-refractivity contribution in [2.24, 2.45) is 0 Å². The molecule has 0 radical (unpaired) electrons. The Kier molecular flexibility index (Phi) is 6.24. The van der Waals surface area contributed by atoms with Crippen LogP contribution in [0.1, 0.15) is 42.4 Å². The molecule has 1 aliphatic rings. The highest BCUT2D eigenvalue weighted by Crippen LogP contribution is 2.38. The van der Waals surface area contributed by atoms with Crippen LogP contribution in [0.15, 0.2) is 77.5 Å². The first-order chi connectivity index (χ1) is 16.2. The zero-order chi connectivity index (χ0) is 24.6. The molecule has 2 heterocycles. The molecule has 0 saturated heterocycles. The molecule has 0 N–H and O–H groups in total. The minimum atomic E-state index is -0.549.